The number of nitrogens with zero attached hydrogens (tertiary/aromatic N) is 2. The summed E-state index contributed by atoms with van der Waals surface area (Å²) < 4.78 is 10.6. The number of carbonyl (C=O) groups is 3. The number of furan rings is 1. The summed E-state index contributed by atoms with van der Waals surface area (Å²) in [5, 5.41) is 11.3. The van der Waals surface area contributed by atoms with Crippen molar-refractivity contribution in [3.8, 4) is 0 Å². The molecule has 9 nitrogen and oxygen atoms in total. The molecule has 2 N–H and O–H groups in total. The predicted molar refractivity (Wildman–Crippen MR) is 117 cm³/mol. The molecule has 0 unspecified atom stereocenters. The van der Waals surface area contributed by atoms with Crippen molar-refractivity contribution in [1.29, 1.82) is 0 Å². The molecule has 172 valence electrons. The van der Waals surface area contributed by atoms with Crippen LogP contribution in [0.3, 0.4) is 0 Å². The minimum Gasteiger partial charge on any atom is -0.507 e. The van der Waals surface area contributed by atoms with Gasteiger partial charge in [0, 0.05) is 17.8 Å². The Bertz CT molecular complexity index is 1050. The third-order valence-corrected chi connectivity index (χ3v) is 5.51. The number of aryl methyl sites for hydroxylation is 1. The number of rotatable bonds is 8. The van der Waals surface area contributed by atoms with Crippen molar-refractivity contribution in [1.82, 2.24) is 14.8 Å². The fourth-order valence-electron chi connectivity index (χ4n) is 4.06. The number of esters is 1. The SMILES string of the molecule is CCOC(=O)c1[nH]c(C)c(C(O)=C2C(=O)C(=O)N(CCCN(C)C)[C@@H]2c2ccco2)c1C. The minimum atomic E-state index is -0.855. The van der Waals surface area contributed by atoms with Crippen molar-refractivity contribution >= 4 is 23.4 Å². The Hall–Kier alpha value is -3.33. The molecular formula is C23H29N3O6. The fourth-order valence-corrected chi connectivity index (χ4v) is 4.06. The van der Waals surface area contributed by atoms with Crippen molar-refractivity contribution in [3.63, 3.8) is 0 Å². The topological polar surface area (TPSA) is 116 Å². The second kappa shape index (κ2) is 9.44. The number of amides is 1. The molecule has 0 aromatic carbocycles. The van der Waals surface area contributed by atoms with E-state index >= 15 is 0 Å². The first kappa shape index (κ1) is 23.3. The number of ketones is 1. The standard InChI is InChI=1S/C23H29N3O6/c1-6-31-23(30)18-13(2)16(14(3)24-18)20(27)17-19(15-9-7-12-32-15)26(22(29)21(17)28)11-8-10-25(4)5/h7,9,12,19,24,27H,6,8,10-11H2,1-5H3/t19-/m1/s1. The number of aliphatic hydroxyl groups is 1. The monoisotopic (exact) mass is 443 g/mol. The van der Waals surface area contributed by atoms with Gasteiger partial charge in [-0.3, -0.25) is 9.59 Å². The molecule has 0 radical (unpaired) electrons. The van der Waals surface area contributed by atoms with Crippen LogP contribution < -0.4 is 0 Å². The van der Waals surface area contributed by atoms with Gasteiger partial charge in [-0.05, 0) is 65.5 Å². The Morgan fingerprint density at radius 1 is 1.31 bits per heavy atom. The first-order chi connectivity index (χ1) is 15.2. The molecule has 2 aromatic heterocycles. The normalized spacial score (nSPS) is 18.1. The fraction of sp³-hybridized carbons (Fsp3) is 0.435. The van der Waals surface area contributed by atoms with Crippen molar-refractivity contribution in [2.45, 2.75) is 33.2 Å². The number of aromatic amines is 1. The largest absolute Gasteiger partial charge is 0.507 e. The molecular weight excluding hydrogens is 414 g/mol. The first-order valence-electron chi connectivity index (χ1n) is 10.5. The maximum atomic E-state index is 13.0. The highest BCUT2D eigenvalue weighted by atomic mass is 16.5. The maximum absolute atomic E-state index is 13.0. The van der Waals surface area contributed by atoms with E-state index in [9.17, 15) is 19.5 Å². The quantitative estimate of drug-likeness (QED) is 0.279. The Morgan fingerprint density at radius 2 is 2.03 bits per heavy atom. The van der Waals surface area contributed by atoms with Crippen LogP contribution >= 0.6 is 0 Å². The zero-order chi connectivity index (χ0) is 23.6. The Labute approximate surface area is 186 Å². The van der Waals surface area contributed by atoms with E-state index in [1.54, 1.807) is 32.9 Å². The Morgan fingerprint density at radius 3 is 2.62 bits per heavy atom. The van der Waals surface area contributed by atoms with Gasteiger partial charge < -0.3 is 29.0 Å². The van der Waals surface area contributed by atoms with E-state index in [4.69, 9.17) is 9.15 Å². The minimum absolute atomic E-state index is 0.0598. The van der Waals surface area contributed by atoms with Crippen LogP contribution in [0.5, 0.6) is 0 Å². The van der Waals surface area contributed by atoms with Gasteiger partial charge in [0.2, 0.25) is 0 Å². The van der Waals surface area contributed by atoms with E-state index in [1.165, 1.54) is 11.2 Å². The number of Topliss-reactive ketones (excluding diaryl/α,β-unsaturated/α-hetero) is 1. The number of likely N-dealkylation sites (tertiary alicyclic amines) is 1. The van der Waals surface area contributed by atoms with E-state index in [1.807, 2.05) is 19.0 Å². The van der Waals surface area contributed by atoms with E-state index in [-0.39, 0.29) is 23.6 Å². The molecule has 0 aliphatic carbocycles. The molecule has 1 fully saturated rings. The highest BCUT2D eigenvalue weighted by Gasteiger charge is 2.47. The van der Waals surface area contributed by atoms with Crippen LogP contribution in [-0.2, 0) is 14.3 Å². The molecule has 32 heavy (non-hydrogen) atoms. The maximum Gasteiger partial charge on any atom is 0.355 e. The number of nitrogens with one attached hydrogen (secondary N) is 1. The molecule has 1 aliphatic heterocycles. The van der Waals surface area contributed by atoms with Crippen molar-refractivity contribution in [3.05, 3.63) is 52.2 Å². The lowest BCUT2D eigenvalue weighted by atomic mass is 9.97. The summed E-state index contributed by atoms with van der Waals surface area (Å²) in [6, 6.07) is 2.48. The number of aliphatic hydroxyl groups excluding tert-OH is 1. The molecule has 0 spiro atoms. The van der Waals surface area contributed by atoms with Gasteiger partial charge in [-0.15, -0.1) is 0 Å². The molecule has 0 bridgehead atoms. The molecule has 2 aromatic rings. The van der Waals surface area contributed by atoms with Crippen LogP contribution in [0.1, 0.15) is 52.5 Å². The summed E-state index contributed by atoms with van der Waals surface area (Å²) in [5.41, 5.74) is 1.36. The smallest absolute Gasteiger partial charge is 0.355 e. The van der Waals surface area contributed by atoms with Gasteiger partial charge in [0.05, 0.1) is 18.4 Å². The zero-order valence-electron chi connectivity index (χ0n) is 19.0. The number of hydrogen-bond acceptors (Lipinski definition) is 7. The van der Waals surface area contributed by atoms with Crippen molar-refractivity contribution in [2.75, 3.05) is 33.8 Å². The van der Waals surface area contributed by atoms with Crippen LogP contribution in [-0.4, -0.2) is 71.3 Å². The first-order valence-corrected chi connectivity index (χ1v) is 10.5. The summed E-state index contributed by atoms with van der Waals surface area (Å²) in [4.78, 5) is 44.5. The van der Waals surface area contributed by atoms with Crippen LogP contribution in [0.25, 0.3) is 5.76 Å². The highest BCUT2D eigenvalue weighted by molar-refractivity contribution is 6.46. The molecule has 1 amide bonds. The zero-order valence-corrected chi connectivity index (χ0v) is 19.0. The lowest BCUT2D eigenvalue weighted by Gasteiger charge is -2.24. The average Bonchev–Trinajstić information content (AvgIpc) is 3.41. The lowest BCUT2D eigenvalue weighted by molar-refractivity contribution is -0.140. The van der Waals surface area contributed by atoms with Gasteiger partial charge in [-0.25, -0.2) is 4.79 Å². The second-order valence-electron chi connectivity index (χ2n) is 8.01. The van der Waals surface area contributed by atoms with E-state index in [0.717, 1.165) is 6.54 Å². The van der Waals surface area contributed by atoms with Gasteiger partial charge in [0.15, 0.2) is 0 Å². The summed E-state index contributed by atoms with van der Waals surface area (Å²) in [6.45, 7) is 6.29. The van der Waals surface area contributed by atoms with Crippen molar-refractivity contribution in [2.24, 2.45) is 0 Å². The average molecular weight is 444 g/mol. The van der Waals surface area contributed by atoms with Gasteiger partial charge >= 0.3 is 5.97 Å². The van der Waals surface area contributed by atoms with Gasteiger partial charge in [0.1, 0.15) is 23.3 Å². The third kappa shape index (κ3) is 4.20. The highest BCUT2D eigenvalue weighted by Crippen LogP contribution is 2.41. The number of aromatic nitrogens is 1. The molecule has 3 heterocycles. The lowest BCUT2D eigenvalue weighted by Crippen LogP contribution is -2.32. The summed E-state index contributed by atoms with van der Waals surface area (Å²) >= 11 is 0. The molecule has 9 heteroatoms. The van der Waals surface area contributed by atoms with E-state index in [2.05, 4.69) is 4.98 Å². The number of ether oxygens (including phenoxy) is 1. The summed E-state index contributed by atoms with van der Waals surface area (Å²) in [5.74, 6) is -2.00. The van der Waals surface area contributed by atoms with E-state index in [0.29, 0.717) is 35.5 Å². The molecule has 1 atom stereocenters. The van der Waals surface area contributed by atoms with Crippen LogP contribution in [0.2, 0.25) is 0 Å². The number of H-pyrrole nitrogens is 1. The molecule has 1 aliphatic rings. The Kier molecular flexibility index (Phi) is 6.88. The van der Waals surface area contributed by atoms with Crippen LogP contribution in [0, 0.1) is 13.8 Å². The number of hydrogen-bond donors (Lipinski definition) is 2. The van der Waals surface area contributed by atoms with Gasteiger partial charge in [-0.1, -0.05) is 0 Å². The summed E-state index contributed by atoms with van der Waals surface area (Å²) in [7, 11) is 3.85. The molecule has 1 saturated heterocycles. The van der Waals surface area contributed by atoms with Gasteiger partial charge in [0.25, 0.3) is 11.7 Å². The van der Waals surface area contributed by atoms with Crippen LogP contribution in [0.15, 0.2) is 28.4 Å². The second-order valence-corrected chi connectivity index (χ2v) is 8.01. The number of carbonyl (C=O) groups excluding carboxylic acids is 3. The molecule has 3 rings (SSSR count). The Balaban J connectivity index is 2.10. The van der Waals surface area contributed by atoms with E-state index < -0.39 is 23.7 Å². The molecule has 0 saturated carbocycles. The van der Waals surface area contributed by atoms with Gasteiger partial charge in [-0.2, -0.15) is 0 Å². The van der Waals surface area contributed by atoms with Crippen LogP contribution in [0.4, 0.5) is 0 Å². The van der Waals surface area contributed by atoms with Crippen molar-refractivity contribution < 1.29 is 28.6 Å². The summed E-state index contributed by atoms with van der Waals surface area (Å²) in [6.07, 6.45) is 2.10. The predicted octanol–water partition coefficient (Wildman–Crippen LogP) is 2.77. The third-order valence-electron chi connectivity index (χ3n) is 5.51.